The van der Waals surface area contributed by atoms with Crippen molar-refractivity contribution in [3.05, 3.63) is 62.3 Å². The standard InChI is InChI=1S/C15H10ClN3O4S/c1-8-7-24-15(17-8)18-14(20)13-5-4-12(23-13)10-3-2-9(19(21)22)6-11(10)16/h2-7H,1H3,(H,17,18,20). The number of hydrogen-bond donors (Lipinski definition) is 1. The van der Waals surface area contributed by atoms with Gasteiger partial charge in [-0.2, -0.15) is 0 Å². The first-order chi connectivity index (χ1) is 11.4. The molecule has 0 radical (unpaired) electrons. The minimum atomic E-state index is -0.535. The van der Waals surface area contributed by atoms with Gasteiger partial charge in [0.15, 0.2) is 10.9 Å². The molecule has 1 aromatic carbocycles. The Morgan fingerprint density at radius 3 is 2.79 bits per heavy atom. The molecule has 0 spiro atoms. The topological polar surface area (TPSA) is 98.3 Å². The van der Waals surface area contributed by atoms with Gasteiger partial charge in [-0.15, -0.1) is 11.3 Å². The lowest BCUT2D eigenvalue weighted by molar-refractivity contribution is -0.384. The van der Waals surface area contributed by atoms with Crippen molar-refractivity contribution in [3.8, 4) is 11.3 Å². The molecule has 0 saturated carbocycles. The van der Waals surface area contributed by atoms with Gasteiger partial charge in [-0.05, 0) is 25.1 Å². The van der Waals surface area contributed by atoms with Crippen LogP contribution in [0.5, 0.6) is 0 Å². The number of non-ortho nitro benzene ring substituents is 1. The van der Waals surface area contributed by atoms with Crippen LogP contribution in [-0.4, -0.2) is 15.8 Å². The van der Waals surface area contributed by atoms with Crippen molar-refractivity contribution in [2.75, 3.05) is 5.32 Å². The smallest absolute Gasteiger partial charge is 0.293 e. The van der Waals surface area contributed by atoms with Crippen molar-refractivity contribution in [1.29, 1.82) is 0 Å². The highest BCUT2D eigenvalue weighted by atomic mass is 35.5. The Balaban J connectivity index is 1.82. The van der Waals surface area contributed by atoms with Crippen LogP contribution in [0.25, 0.3) is 11.3 Å². The molecule has 7 nitrogen and oxygen atoms in total. The second kappa shape index (κ2) is 6.42. The molecule has 0 saturated heterocycles. The van der Waals surface area contributed by atoms with E-state index >= 15 is 0 Å². The van der Waals surface area contributed by atoms with Crippen molar-refractivity contribution < 1.29 is 14.1 Å². The van der Waals surface area contributed by atoms with Gasteiger partial charge in [0.1, 0.15) is 5.76 Å². The highest BCUT2D eigenvalue weighted by molar-refractivity contribution is 7.13. The number of nitro benzene ring substituents is 1. The molecular formula is C15H10ClN3O4S. The van der Waals surface area contributed by atoms with Crippen LogP contribution in [0.4, 0.5) is 10.8 Å². The summed E-state index contributed by atoms with van der Waals surface area (Å²) in [5.74, 6) is -0.00345. The fraction of sp³-hybridized carbons (Fsp3) is 0.0667. The number of carbonyl (C=O) groups is 1. The number of amides is 1. The van der Waals surface area contributed by atoms with Gasteiger partial charge in [0, 0.05) is 23.1 Å². The predicted molar refractivity (Wildman–Crippen MR) is 90.6 cm³/mol. The van der Waals surface area contributed by atoms with Gasteiger partial charge in [0.05, 0.1) is 15.6 Å². The van der Waals surface area contributed by atoms with Crippen LogP contribution < -0.4 is 5.32 Å². The summed E-state index contributed by atoms with van der Waals surface area (Å²) in [7, 11) is 0. The van der Waals surface area contributed by atoms with Crippen LogP contribution in [0.3, 0.4) is 0 Å². The first-order valence-corrected chi connectivity index (χ1v) is 7.97. The monoisotopic (exact) mass is 363 g/mol. The molecule has 0 unspecified atom stereocenters. The third-order valence-electron chi connectivity index (χ3n) is 3.10. The molecule has 0 bridgehead atoms. The van der Waals surface area contributed by atoms with Crippen LogP contribution in [-0.2, 0) is 0 Å². The molecule has 3 rings (SSSR count). The van der Waals surface area contributed by atoms with E-state index < -0.39 is 10.8 Å². The molecule has 0 aliphatic heterocycles. The Bertz CT molecular complexity index is 934. The molecule has 2 aromatic heterocycles. The molecule has 0 atom stereocenters. The molecule has 24 heavy (non-hydrogen) atoms. The third kappa shape index (κ3) is 3.29. The van der Waals surface area contributed by atoms with Gasteiger partial charge >= 0.3 is 0 Å². The molecule has 3 aromatic rings. The lowest BCUT2D eigenvalue weighted by atomic mass is 10.1. The van der Waals surface area contributed by atoms with E-state index in [0.717, 1.165) is 5.69 Å². The third-order valence-corrected chi connectivity index (χ3v) is 4.29. The minimum Gasteiger partial charge on any atom is -0.451 e. The fourth-order valence-corrected chi connectivity index (χ4v) is 2.94. The largest absolute Gasteiger partial charge is 0.451 e. The van der Waals surface area contributed by atoms with E-state index in [-0.39, 0.29) is 16.5 Å². The van der Waals surface area contributed by atoms with Crippen LogP contribution in [0.1, 0.15) is 16.2 Å². The van der Waals surface area contributed by atoms with Crippen LogP contribution >= 0.6 is 22.9 Å². The minimum absolute atomic E-state index is 0.0901. The molecule has 1 amide bonds. The molecule has 1 N–H and O–H groups in total. The molecule has 2 heterocycles. The molecule has 122 valence electrons. The first-order valence-electron chi connectivity index (χ1n) is 6.71. The van der Waals surface area contributed by atoms with E-state index in [1.807, 2.05) is 12.3 Å². The summed E-state index contributed by atoms with van der Waals surface area (Å²) < 4.78 is 5.50. The zero-order chi connectivity index (χ0) is 17.3. The Labute approximate surface area is 145 Å². The summed E-state index contributed by atoms with van der Waals surface area (Å²) in [5.41, 5.74) is 1.16. The van der Waals surface area contributed by atoms with E-state index in [1.54, 1.807) is 6.07 Å². The lowest BCUT2D eigenvalue weighted by Crippen LogP contribution is -2.10. The Morgan fingerprint density at radius 1 is 1.38 bits per heavy atom. The number of anilines is 1. The van der Waals surface area contributed by atoms with Gasteiger partial charge in [-0.25, -0.2) is 4.98 Å². The number of benzene rings is 1. The summed E-state index contributed by atoms with van der Waals surface area (Å²) >= 11 is 7.37. The van der Waals surface area contributed by atoms with Crippen molar-refractivity contribution in [1.82, 2.24) is 4.98 Å². The average Bonchev–Trinajstić information content (AvgIpc) is 3.16. The van der Waals surface area contributed by atoms with E-state index in [2.05, 4.69) is 10.3 Å². The number of aryl methyl sites for hydroxylation is 1. The first kappa shape index (κ1) is 16.2. The lowest BCUT2D eigenvalue weighted by Gasteiger charge is -2.01. The van der Waals surface area contributed by atoms with Crippen molar-refractivity contribution in [2.45, 2.75) is 6.92 Å². The average molecular weight is 364 g/mol. The SMILES string of the molecule is Cc1csc(NC(=O)c2ccc(-c3ccc([N+](=O)[O-])cc3Cl)o2)n1. The highest BCUT2D eigenvalue weighted by Crippen LogP contribution is 2.32. The zero-order valence-electron chi connectivity index (χ0n) is 12.3. The highest BCUT2D eigenvalue weighted by Gasteiger charge is 2.17. The van der Waals surface area contributed by atoms with E-state index in [1.165, 1.54) is 35.6 Å². The maximum atomic E-state index is 12.1. The van der Waals surface area contributed by atoms with Crippen molar-refractivity contribution >= 4 is 39.7 Å². The second-order valence-corrected chi connectivity index (χ2v) is 6.10. The summed E-state index contributed by atoms with van der Waals surface area (Å²) in [4.78, 5) is 26.5. The molecule has 0 aliphatic rings. The van der Waals surface area contributed by atoms with Gasteiger partial charge < -0.3 is 4.42 Å². The zero-order valence-corrected chi connectivity index (χ0v) is 13.9. The van der Waals surface area contributed by atoms with Crippen molar-refractivity contribution in [2.24, 2.45) is 0 Å². The van der Waals surface area contributed by atoms with Gasteiger partial charge in [-0.1, -0.05) is 11.6 Å². The maximum absolute atomic E-state index is 12.1. The van der Waals surface area contributed by atoms with Crippen LogP contribution in [0.2, 0.25) is 5.02 Å². The molecular weight excluding hydrogens is 354 g/mol. The van der Waals surface area contributed by atoms with Gasteiger partial charge in [0.25, 0.3) is 11.6 Å². The fourth-order valence-electron chi connectivity index (χ4n) is 1.99. The van der Waals surface area contributed by atoms with Crippen LogP contribution in [0, 0.1) is 17.0 Å². The number of furan rings is 1. The second-order valence-electron chi connectivity index (χ2n) is 4.83. The number of nitrogens with one attached hydrogen (secondary N) is 1. The number of nitrogens with zero attached hydrogens (tertiary/aromatic N) is 2. The number of hydrogen-bond acceptors (Lipinski definition) is 6. The maximum Gasteiger partial charge on any atom is 0.293 e. The molecule has 0 fully saturated rings. The normalized spacial score (nSPS) is 10.6. The number of thiazole rings is 1. The van der Waals surface area contributed by atoms with Crippen molar-refractivity contribution in [3.63, 3.8) is 0 Å². The predicted octanol–water partition coefficient (Wildman–Crippen LogP) is 4.53. The number of rotatable bonds is 4. The summed E-state index contributed by atoms with van der Waals surface area (Å²) in [6, 6.07) is 7.11. The summed E-state index contributed by atoms with van der Waals surface area (Å²) in [6.45, 7) is 1.83. The Hall–Kier alpha value is -2.71. The quantitative estimate of drug-likeness (QED) is 0.542. The van der Waals surface area contributed by atoms with E-state index in [4.69, 9.17) is 16.0 Å². The number of nitro groups is 1. The Morgan fingerprint density at radius 2 is 2.17 bits per heavy atom. The van der Waals surface area contributed by atoms with Gasteiger partial charge in [0.2, 0.25) is 0 Å². The number of carbonyl (C=O) groups excluding carboxylic acids is 1. The van der Waals surface area contributed by atoms with Crippen LogP contribution in [0.15, 0.2) is 40.1 Å². The van der Waals surface area contributed by atoms with Gasteiger partial charge in [-0.3, -0.25) is 20.2 Å². The van der Waals surface area contributed by atoms with E-state index in [9.17, 15) is 14.9 Å². The molecule has 0 aliphatic carbocycles. The Kier molecular flexibility index (Phi) is 4.32. The number of aromatic nitrogens is 1. The number of halogens is 1. The summed E-state index contributed by atoms with van der Waals surface area (Å²) in [6.07, 6.45) is 0. The summed E-state index contributed by atoms with van der Waals surface area (Å²) in [5, 5.41) is 15.8. The molecule has 9 heteroatoms. The van der Waals surface area contributed by atoms with E-state index in [0.29, 0.717) is 16.5 Å².